The molecule has 3 aliphatic rings. The molecule has 10 nitrogen and oxygen atoms in total. The maximum atomic E-state index is 15.5. The zero-order valence-corrected chi connectivity index (χ0v) is 20.0. The van der Waals surface area contributed by atoms with Crippen molar-refractivity contribution in [2.75, 3.05) is 23.3 Å². The first-order chi connectivity index (χ1) is 17.4. The van der Waals surface area contributed by atoms with Crippen molar-refractivity contribution in [2.24, 2.45) is 0 Å². The Kier molecular flexibility index (Phi) is 5.44. The highest BCUT2D eigenvalue weighted by Crippen LogP contribution is 2.38. The van der Waals surface area contributed by atoms with E-state index >= 15 is 4.39 Å². The van der Waals surface area contributed by atoms with Gasteiger partial charge in [-0.25, -0.2) is 24.1 Å². The van der Waals surface area contributed by atoms with E-state index in [-0.39, 0.29) is 29.8 Å². The maximum absolute atomic E-state index is 15.5. The highest BCUT2D eigenvalue weighted by atomic mass is 19.1. The fourth-order valence-corrected chi connectivity index (χ4v) is 4.69. The third-order valence-electron chi connectivity index (χ3n) is 7.04. The summed E-state index contributed by atoms with van der Waals surface area (Å²) in [6.45, 7) is 5.22. The van der Waals surface area contributed by atoms with Gasteiger partial charge in [0.1, 0.15) is 29.7 Å². The van der Waals surface area contributed by atoms with Crippen molar-refractivity contribution in [1.82, 2.24) is 25.2 Å². The summed E-state index contributed by atoms with van der Waals surface area (Å²) in [7, 11) is 0. The number of hydrogen-bond acceptors (Lipinski definition) is 7. The normalized spacial score (nSPS) is 21.2. The zero-order valence-electron chi connectivity index (χ0n) is 20.0. The molecule has 3 aromatic rings. The van der Waals surface area contributed by atoms with Gasteiger partial charge in [0.2, 0.25) is 0 Å². The molecule has 2 N–H and O–H groups in total. The molecule has 1 saturated carbocycles. The Morgan fingerprint density at radius 3 is 2.81 bits per heavy atom. The average molecular weight is 492 g/mol. The number of nitrogens with one attached hydrogen (secondary N) is 2. The molecular weight excluding hydrogens is 465 g/mol. The molecule has 1 aromatic carbocycles. The molecule has 0 spiro atoms. The van der Waals surface area contributed by atoms with E-state index in [2.05, 4.69) is 30.5 Å². The Morgan fingerprint density at radius 2 is 2.11 bits per heavy atom. The topological polar surface area (TPSA) is 113 Å². The highest BCUT2D eigenvalue weighted by Gasteiger charge is 2.38. The Bertz CT molecular complexity index is 1360. The van der Waals surface area contributed by atoms with E-state index in [0.29, 0.717) is 53.4 Å². The summed E-state index contributed by atoms with van der Waals surface area (Å²) in [5.41, 5.74) is 1.54. The van der Waals surface area contributed by atoms with Crippen LogP contribution in [0.4, 0.5) is 20.7 Å². The van der Waals surface area contributed by atoms with E-state index in [9.17, 15) is 9.59 Å². The molecule has 1 saturated heterocycles. The second-order valence-electron chi connectivity index (χ2n) is 9.44. The summed E-state index contributed by atoms with van der Waals surface area (Å²) in [6.07, 6.45) is 4.91. The predicted octanol–water partition coefficient (Wildman–Crippen LogP) is 3.08. The lowest BCUT2D eigenvalue weighted by molar-refractivity contribution is -0.0419. The molecule has 2 aromatic heterocycles. The first-order valence-corrected chi connectivity index (χ1v) is 12.1. The van der Waals surface area contributed by atoms with Crippen LogP contribution in [0.15, 0.2) is 30.7 Å². The van der Waals surface area contributed by atoms with Gasteiger partial charge in [0.05, 0.1) is 22.8 Å². The second kappa shape index (κ2) is 8.66. The summed E-state index contributed by atoms with van der Waals surface area (Å²) in [5.74, 6) is 0.369. The number of likely N-dealkylation sites (tertiary alicyclic amines) is 1. The number of ether oxygens (including phenoxy) is 1. The molecule has 11 heteroatoms. The van der Waals surface area contributed by atoms with Crippen molar-refractivity contribution in [3.05, 3.63) is 47.8 Å². The molecule has 0 radical (unpaired) electrons. The molecule has 2 fully saturated rings. The van der Waals surface area contributed by atoms with Gasteiger partial charge in [-0.1, -0.05) is 0 Å². The standard InChI is InChI=1S/C25H26FN7O3/c1-3-33-23-20-18(28-12-29-23)8-14(21(26)22(20)31-25(33)35)10-32-11-19(13(32)2)36-16-6-7-17(27-9-16)24(34)30-15-4-5-15/h6-9,12-13,15,19H,3-5,10-11H2,1-2H3,(H,30,34)(H,31,35)/t13-,19+/m1/s1. The van der Waals surface area contributed by atoms with Gasteiger partial charge in [0, 0.05) is 37.3 Å². The number of amides is 3. The lowest BCUT2D eigenvalue weighted by atomic mass is 9.98. The van der Waals surface area contributed by atoms with Crippen LogP contribution in [0.3, 0.4) is 0 Å². The van der Waals surface area contributed by atoms with Gasteiger partial charge in [-0.05, 0) is 44.9 Å². The van der Waals surface area contributed by atoms with Gasteiger partial charge in [0.15, 0.2) is 5.82 Å². The van der Waals surface area contributed by atoms with Crippen molar-refractivity contribution in [2.45, 2.75) is 51.4 Å². The molecule has 3 amide bonds. The number of anilines is 2. The van der Waals surface area contributed by atoms with Crippen LogP contribution in [0.25, 0.3) is 10.9 Å². The van der Waals surface area contributed by atoms with E-state index in [0.717, 1.165) is 12.8 Å². The molecule has 6 rings (SSSR count). The molecule has 186 valence electrons. The van der Waals surface area contributed by atoms with Crippen LogP contribution in [0.1, 0.15) is 42.7 Å². The van der Waals surface area contributed by atoms with E-state index in [1.165, 1.54) is 11.2 Å². The zero-order chi connectivity index (χ0) is 25.0. The minimum atomic E-state index is -0.469. The van der Waals surface area contributed by atoms with Crippen LogP contribution >= 0.6 is 0 Å². The minimum Gasteiger partial charge on any atom is -0.486 e. The van der Waals surface area contributed by atoms with Crippen LogP contribution in [-0.4, -0.2) is 63.1 Å². The van der Waals surface area contributed by atoms with Crippen molar-refractivity contribution in [1.29, 1.82) is 0 Å². The third-order valence-corrected chi connectivity index (χ3v) is 7.04. The number of hydrogen-bond donors (Lipinski definition) is 2. The van der Waals surface area contributed by atoms with E-state index in [1.807, 2.05) is 13.8 Å². The Hall–Kier alpha value is -3.86. The summed E-state index contributed by atoms with van der Waals surface area (Å²) in [6, 6.07) is 5.03. The molecule has 0 unspecified atom stereocenters. The first-order valence-electron chi connectivity index (χ1n) is 12.1. The van der Waals surface area contributed by atoms with Crippen molar-refractivity contribution in [3.8, 4) is 5.75 Å². The van der Waals surface area contributed by atoms with E-state index in [1.54, 1.807) is 24.4 Å². The number of pyridine rings is 1. The fourth-order valence-electron chi connectivity index (χ4n) is 4.69. The lowest BCUT2D eigenvalue weighted by Crippen LogP contribution is -2.60. The molecule has 2 aliphatic heterocycles. The monoisotopic (exact) mass is 491 g/mol. The highest BCUT2D eigenvalue weighted by molar-refractivity contribution is 6.17. The van der Waals surface area contributed by atoms with Gasteiger partial charge in [-0.2, -0.15) is 0 Å². The summed E-state index contributed by atoms with van der Waals surface area (Å²) in [5, 5.41) is 6.10. The fraction of sp³-hybridized carbons (Fsp3) is 0.400. The van der Waals surface area contributed by atoms with Crippen molar-refractivity contribution < 1.29 is 18.7 Å². The largest absolute Gasteiger partial charge is 0.486 e. The van der Waals surface area contributed by atoms with Crippen LogP contribution in [0.2, 0.25) is 0 Å². The number of aromatic nitrogens is 3. The number of urea groups is 1. The van der Waals surface area contributed by atoms with Gasteiger partial charge in [-0.15, -0.1) is 0 Å². The Labute approximate surface area is 206 Å². The smallest absolute Gasteiger partial charge is 0.327 e. The van der Waals surface area contributed by atoms with Crippen LogP contribution in [0, 0.1) is 5.82 Å². The molecule has 36 heavy (non-hydrogen) atoms. The maximum Gasteiger partial charge on any atom is 0.327 e. The Morgan fingerprint density at radius 1 is 1.28 bits per heavy atom. The van der Waals surface area contributed by atoms with Gasteiger partial charge < -0.3 is 15.4 Å². The van der Waals surface area contributed by atoms with Gasteiger partial charge in [0.25, 0.3) is 5.91 Å². The lowest BCUT2D eigenvalue weighted by Gasteiger charge is -2.46. The average Bonchev–Trinajstić information content (AvgIpc) is 3.70. The minimum absolute atomic E-state index is 0.0282. The van der Waals surface area contributed by atoms with Crippen LogP contribution in [-0.2, 0) is 6.54 Å². The SMILES string of the molecule is CCN1C(=O)Nc2c(F)c(CN3C[C@H](Oc4ccc(C(=O)NC5CC5)nc4)[C@H]3C)cc3ncnc1c23. The number of nitrogens with zero attached hydrogens (tertiary/aromatic N) is 5. The number of carbonyl (C=O) groups excluding carboxylic acids is 2. The predicted molar refractivity (Wildman–Crippen MR) is 131 cm³/mol. The molecule has 0 bridgehead atoms. The molecule has 4 heterocycles. The van der Waals surface area contributed by atoms with E-state index in [4.69, 9.17) is 4.74 Å². The van der Waals surface area contributed by atoms with Crippen LogP contribution in [0.5, 0.6) is 5.75 Å². The Balaban J connectivity index is 1.14. The molecular formula is C25H26FN7O3. The number of halogens is 1. The van der Waals surface area contributed by atoms with E-state index < -0.39 is 11.8 Å². The summed E-state index contributed by atoms with van der Waals surface area (Å²) >= 11 is 0. The number of carbonyl (C=O) groups is 2. The van der Waals surface area contributed by atoms with Crippen LogP contribution < -0.4 is 20.3 Å². The number of benzene rings is 1. The third kappa shape index (κ3) is 3.89. The van der Waals surface area contributed by atoms with Gasteiger partial charge in [-0.3, -0.25) is 14.6 Å². The summed E-state index contributed by atoms with van der Waals surface area (Å²) in [4.78, 5) is 40.9. The van der Waals surface area contributed by atoms with Crippen molar-refractivity contribution >= 4 is 34.3 Å². The number of rotatable bonds is 7. The van der Waals surface area contributed by atoms with Crippen molar-refractivity contribution in [3.63, 3.8) is 0 Å². The van der Waals surface area contributed by atoms with Gasteiger partial charge >= 0.3 is 6.03 Å². The quantitative estimate of drug-likeness (QED) is 0.522. The first kappa shape index (κ1) is 22.6. The molecule has 1 aliphatic carbocycles. The molecule has 2 atom stereocenters. The summed E-state index contributed by atoms with van der Waals surface area (Å²) < 4.78 is 21.6. The second-order valence-corrected chi connectivity index (χ2v) is 9.44.